The van der Waals surface area contributed by atoms with E-state index < -0.39 is 0 Å². The van der Waals surface area contributed by atoms with Crippen LogP contribution < -0.4 is 0 Å². The minimum Gasteiger partial charge on any atom is -0.424 e. The van der Waals surface area contributed by atoms with Crippen LogP contribution in [-0.2, 0) is 6.54 Å². The third kappa shape index (κ3) is 3.10. The Morgan fingerprint density at radius 1 is 1.25 bits per heavy atom. The molecule has 0 amide bonds. The van der Waals surface area contributed by atoms with Crippen molar-refractivity contribution in [3.8, 4) is 0 Å². The van der Waals surface area contributed by atoms with Gasteiger partial charge in [-0.3, -0.25) is 4.90 Å². The van der Waals surface area contributed by atoms with Crippen LogP contribution in [0.5, 0.6) is 0 Å². The Bertz CT molecular complexity index is 576. The molecule has 106 valence electrons. The van der Waals surface area contributed by atoms with E-state index in [1.165, 1.54) is 22.9 Å². The Morgan fingerprint density at radius 3 is 2.65 bits per heavy atom. The van der Waals surface area contributed by atoms with E-state index in [1.54, 1.807) is 0 Å². The fraction of sp³-hybridized carbons (Fsp3) is 0.467. The van der Waals surface area contributed by atoms with E-state index in [1.807, 2.05) is 6.92 Å². The number of halogens is 1. The van der Waals surface area contributed by atoms with Gasteiger partial charge < -0.3 is 4.42 Å². The van der Waals surface area contributed by atoms with Gasteiger partial charge in [-0.15, -0.1) is 10.2 Å². The van der Waals surface area contributed by atoms with Crippen molar-refractivity contribution in [2.45, 2.75) is 32.2 Å². The molecule has 0 bridgehead atoms. The fourth-order valence-corrected chi connectivity index (χ4v) is 3.41. The molecule has 1 saturated heterocycles. The van der Waals surface area contributed by atoms with Crippen LogP contribution in [0.15, 0.2) is 33.2 Å². The SMILES string of the molecule is Cc1nnc(CN2CCC(c3ccccc3Br)CC2)o1. The summed E-state index contributed by atoms with van der Waals surface area (Å²) < 4.78 is 6.67. The van der Waals surface area contributed by atoms with Gasteiger partial charge in [-0.1, -0.05) is 34.1 Å². The number of hydrogen-bond donors (Lipinski definition) is 0. The number of benzene rings is 1. The molecule has 0 spiro atoms. The monoisotopic (exact) mass is 335 g/mol. The summed E-state index contributed by atoms with van der Waals surface area (Å²) in [5, 5.41) is 7.94. The highest BCUT2D eigenvalue weighted by Gasteiger charge is 2.22. The number of likely N-dealkylation sites (tertiary alicyclic amines) is 1. The van der Waals surface area contributed by atoms with Crippen LogP contribution in [0.2, 0.25) is 0 Å². The van der Waals surface area contributed by atoms with Crippen molar-refractivity contribution in [1.29, 1.82) is 0 Å². The molecule has 3 rings (SSSR count). The average Bonchev–Trinajstić information content (AvgIpc) is 2.86. The van der Waals surface area contributed by atoms with Gasteiger partial charge in [0.2, 0.25) is 11.8 Å². The molecule has 0 unspecified atom stereocenters. The second-order valence-corrected chi connectivity index (χ2v) is 6.14. The van der Waals surface area contributed by atoms with Crippen molar-refractivity contribution < 1.29 is 4.42 Å². The second-order valence-electron chi connectivity index (χ2n) is 5.29. The average molecular weight is 336 g/mol. The van der Waals surface area contributed by atoms with Crippen LogP contribution in [0.25, 0.3) is 0 Å². The molecule has 2 aromatic rings. The number of hydrogen-bond acceptors (Lipinski definition) is 4. The highest BCUT2D eigenvalue weighted by Crippen LogP contribution is 2.33. The number of nitrogens with zero attached hydrogens (tertiary/aromatic N) is 3. The quantitative estimate of drug-likeness (QED) is 0.860. The zero-order valence-corrected chi connectivity index (χ0v) is 13.1. The zero-order chi connectivity index (χ0) is 13.9. The molecule has 0 aliphatic carbocycles. The third-order valence-corrected chi connectivity index (χ3v) is 4.58. The minimum atomic E-state index is 0.642. The number of rotatable bonds is 3. The normalized spacial score (nSPS) is 17.5. The Labute approximate surface area is 127 Å². The lowest BCUT2D eigenvalue weighted by molar-refractivity contribution is 0.186. The van der Waals surface area contributed by atoms with Crippen molar-refractivity contribution in [1.82, 2.24) is 15.1 Å². The molecule has 5 heteroatoms. The first-order chi connectivity index (χ1) is 9.72. The molecule has 0 saturated carbocycles. The second kappa shape index (κ2) is 6.06. The van der Waals surface area contributed by atoms with Gasteiger partial charge in [-0.2, -0.15) is 0 Å². The lowest BCUT2D eigenvalue weighted by Gasteiger charge is -2.31. The molecule has 0 atom stereocenters. The van der Waals surface area contributed by atoms with Gasteiger partial charge in [0.25, 0.3) is 0 Å². The first kappa shape index (κ1) is 13.8. The van der Waals surface area contributed by atoms with Gasteiger partial charge in [-0.25, -0.2) is 0 Å². The highest BCUT2D eigenvalue weighted by molar-refractivity contribution is 9.10. The highest BCUT2D eigenvalue weighted by atomic mass is 79.9. The zero-order valence-electron chi connectivity index (χ0n) is 11.6. The molecule has 20 heavy (non-hydrogen) atoms. The van der Waals surface area contributed by atoms with Crippen molar-refractivity contribution in [2.24, 2.45) is 0 Å². The van der Waals surface area contributed by atoms with Gasteiger partial charge in [0.15, 0.2) is 0 Å². The fourth-order valence-electron chi connectivity index (χ4n) is 2.80. The third-order valence-electron chi connectivity index (χ3n) is 3.86. The van der Waals surface area contributed by atoms with Crippen LogP contribution in [0.1, 0.15) is 36.1 Å². The van der Waals surface area contributed by atoms with E-state index in [9.17, 15) is 0 Å². The van der Waals surface area contributed by atoms with E-state index >= 15 is 0 Å². The van der Waals surface area contributed by atoms with Crippen LogP contribution >= 0.6 is 15.9 Å². The Balaban J connectivity index is 1.58. The Morgan fingerprint density at radius 2 is 2.00 bits per heavy atom. The van der Waals surface area contributed by atoms with Crippen molar-refractivity contribution in [3.05, 3.63) is 46.1 Å². The number of aryl methyl sites for hydroxylation is 1. The molecule has 1 fully saturated rings. The maximum Gasteiger partial charge on any atom is 0.230 e. The lowest BCUT2D eigenvalue weighted by atomic mass is 9.89. The molecular formula is C15H18BrN3O. The van der Waals surface area contributed by atoms with E-state index in [2.05, 4.69) is 55.3 Å². The summed E-state index contributed by atoms with van der Waals surface area (Å²) in [4.78, 5) is 2.39. The summed E-state index contributed by atoms with van der Waals surface area (Å²) in [7, 11) is 0. The molecule has 0 N–H and O–H groups in total. The summed E-state index contributed by atoms with van der Waals surface area (Å²) in [6.07, 6.45) is 2.35. The minimum absolute atomic E-state index is 0.642. The van der Waals surface area contributed by atoms with E-state index in [-0.39, 0.29) is 0 Å². The van der Waals surface area contributed by atoms with Crippen LogP contribution in [0, 0.1) is 6.92 Å². The number of aromatic nitrogens is 2. The molecule has 1 aliphatic rings. The number of piperidine rings is 1. The van der Waals surface area contributed by atoms with Gasteiger partial charge in [0.05, 0.1) is 6.54 Å². The van der Waals surface area contributed by atoms with Gasteiger partial charge >= 0.3 is 0 Å². The first-order valence-corrected chi connectivity index (χ1v) is 7.77. The van der Waals surface area contributed by atoms with Gasteiger partial charge in [-0.05, 0) is 43.5 Å². The van der Waals surface area contributed by atoms with Crippen molar-refractivity contribution >= 4 is 15.9 Å². The van der Waals surface area contributed by atoms with E-state index in [4.69, 9.17) is 4.42 Å². The van der Waals surface area contributed by atoms with Crippen molar-refractivity contribution in [3.63, 3.8) is 0 Å². The molecular weight excluding hydrogens is 318 g/mol. The topological polar surface area (TPSA) is 42.2 Å². The Kier molecular flexibility index (Phi) is 4.17. The molecule has 0 radical (unpaired) electrons. The predicted molar refractivity (Wildman–Crippen MR) is 80.4 cm³/mol. The molecule has 1 aromatic heterocycles. The van der Waals surface area contributed by atoms with Gasteiger partial charge in [0, 0.05) is 11.4 Å². The largest absolute Gasteiger partial charge is 0.424 e. The Hall–Kier alpha value is -1.20. The molecule has 1 aromatic carbocycles. The molecule has 1 aliphatic heterocycles. The molecule has 4 nitrogen and oxygen atoms in total. The van der Waals surface area contributed by atoms with E-state index in [0.29, 0.717) is 11.8 Å². The standard InChI is InChI=1S/C15H18BrN3O/c1-11-17-18-15(20-11)10-19-8-6-12(7-9-19)13-4-2-3-5-14(13)16/h2-5,12H,6-10H2,1H3. The predicted octanol–water partition coefficient (Wildman–Crippen LogP) is 3.52. The summed E-state index contributed by atoms with van der Waals surface area (Å²) in [6.45, 7) is 4.75. The summed E-state index contributed by atoms with van der Waals surface area (Å²) >= 11 is 3.66. The summed E-state index contributed by atoms with van der Waals surface area (Å²) in [5.41, 5.74) is 1.43. The first-order valence-electron chi connectivity index (χ1n) is 6.98. The summed E-state index contributed by atoms with van der Waals surface area (Å²) in [6, 6.07) is 8.54. The summed E-state index contributed by atoms with van der Waals surface area (Å²) in [5.74, 6) is 2.01. The lowest BCUT2D eigenvalue weighted by Crippen LogP contribution is -2.32. The van der Waals surface area contributed by atoms with Crippen LogP contribution in [0.3, 0.4) is 0 Å². The molecule has 2 heterocycles. The van der Waals surface area contributed by atoms with Crippen molar-refractivity contribution in [2.75, 3.05) is 13.1 Å². The smallest absolute Gasteiger partial charge is 0.230 e. The van der Waals surface area contributed by atoms with Crippen LogP contribution in [0.4, 0.5) is 0 Å². The maximum atomic E-state index is 5.45. The van der Waals surface area contributed by atoms with E-state index in [0.717, 1.165) is 25.5 Å². The van der Waals surface area contributed by atoms with Gasteiger partial charge in [0.1, 0.15) is 0 Å². The van der Waals surface area contributed by atoms with Crippen LogP contribution in [-0.4, -0.2) is 28.2 Å². The maximum absolute atomic E-state index is 5.45.